The summed E-state index contributed by atoms with van der Waals surface area (Å²) in [7, 11) is 1.31. The molecule has 3 heterocycles. The molecule has 0 spiro atoms. The Labute approximate surface area is 138 Å². The van der Waals surface area contributed by atoms with Crippen LogP contribution in [-0.2, 0) is 9.53 Å². The smallest absolute Gasteiger partial charge is 0.318 e. The molecule has 1 aliphatic rings. The number of nitrogens with zero attached hydrogens (tertiary/aromatic N) is 1. The van der Waals surface area contributed by atoms with E-state index in [-0.39, 0.29) is 11.8 Å². The minimum Gasteiger partial charge on any atom is -0.469 e. The first-order valence-electron chi connectivity index (χ1n) is 7.89. The third-order valence-electron chi connectivity index (χ3n) is 4.87. The molecule has 2 atom stereocenters. The first-order valence-corrected chi connectivity index (χ1v) is 7.89. The van der Waals surface area contributed by atoms with Gasteiger partial charge in [-0.15, -0.1) is 0 Å². The highest BCUT2D eigenvalue weighted by Gasteiger charge is 2.42. The van der Waals surface area contributed by atoms with Crippen LogP contribution >= 0.6 is 0 Å². The van der Waals surface area contributed by atoms with E-state index >= 15 is 0 Å². The van der Waals surface area contributed by atoms with Crippen LogP contribution in [0.4, 0.5) is 0 Å². The quantitative estimate of drug-likeness (QED) is 0.535. The summed E-state index contributed by atoms with van der Waals surface area (Å²) >= 11 is 0. The van der Waals surface area contributed by atoms with Crippen molar-refractivity contribution >= 4 is 22.8 Å². The first kappa shape index (κ1) is 14.8. The lowest BCUT2D eigenvalue weighted by atomic mass is 9.84. The number of para-hydroxylation sites is 1. The van der Waals surface area contributed by atoms with E-state index in [1.165, 1.54) is 7.11 Å². The van der Waals surface area contributed by atoms with Gasteiger partial charge in [-0.25, -0.2) is 0 Å². The van der Waals surface area contributed by atoms with E-state index in [0.29, 0.717) is 6.42 Å². The van der Waals surface area contributed by atoms with Gasteiger partial charge in [-0.3, -0.25) is 14.2 Å². The molecule has 24 heavy (non-hydrogen) atoms. The molecule has 0 saturated carbocycles. The number of carbonyl (C=O) groups excluding carboxylic acids is 2. The number of carbonyl (C=O) groups is 2. The van der Waals surface area contributed by atoms with Crippen LogP contribution in [-0.4, -0.2) is 23.6 Å². The normalized spacial score (nSPS) is 20.2. The zero-order chi connectivity index (χ0) is 16.8. The van der Waals surface area contributed by atoms with Gasteiger partial charge in [0.25, 0.3) is 0 Å². The molecule has 0 radical (unpaired) electrons. The Morgan fingerprint density at radius 3 is 2.75 bits per heavy atom. The second kappa shape index (κ2) is 5.37. The van der Waals surface area contributed by atoms with E-state index in [4.69, 9.17) is 9.15 Å². The van der Waals surface area contributed by atoms with E-state index in [9.17, 15) is 9.59 Å². The van der Waals surface area contributed by atoms with Gasteiger partial charge in [0.1, 0.15) is 11.7 Å². The number of ether oxygens (including phenoxy) is 1. The van der Waals surface area contributed by atoms with Crippen molar-refractivity contribution in [2.75, 3.05) is 7.11 Å². The zero-order valence-electron chi connectivity index (χ0n) is 13.5. The number of hydrogen-bond donors (Lipinski definition) is 0. The average Bonchev–Trinajstić information content (AvgIpc) is 3.23. The maximum atomic E-state index is 13.0. The summed E-state index contributed by atoms with van der Waals surface area (Å²) in [5.41, 5.74) is 2.76. The minimum absolute atomic E-state index is 0.158. The molecule has 5 heteroatoms. The Balaban J connectivity index is 2.01. The number of aromatic nitrogens is 1. The monoisotopic (exact) mass is 323 g/mol. The van der Waals surface area contributed by atoms with Gasteiger partial charge in [-0.1, -0.05) is 18.2 Å². The Kier molecular flexibility index (Phi) is 3.30. The van der Waals surface area contributed by atoms with Crippen molar-refractivity contribution in [3.05, 3.63) is 59.7 Å². The lowest BCUT2D eigenvalue weighted by Crippen LogP contribution is -2.37. The summed E-state index contributed by atoms with van der Waals surface area (Å²) in [6, 6.07) is 11.5. The van der Waals surface area contributed by atoms with Gasteiger partial charge in [-0.05, 0) is 37.1 Å². The SMILES string of the molecule is COC(=O)[C@@H]1C[C@@H](c2ccco2)c2c(C)c3ccccc3n2C1=O. The second-order valence-electron chi connectivity index (χ2n) is 6.08. The molecule has 0 fully saturated rings. The number of esters is 1. The number of furan rings is 1. The molecule has 0 bridgehead atoms. The Hall–Kier alpha value is -2.82. The second-order valence-corrected chi connectivity index (χ2v) is 6.08. The van der Waals surface area contributed by atoms with Gasteiger partial charge < -0.3 is 9.15 Å². The topological polar surface area (TPSA) is 61.4 Å². The van der Waals surface area contributed by atoms with Gasteiger partial charge in [-0.2, -0.15) is 0 Å². The van der Waals surface area contributed by atoms with Crippen molar-refractivity contribution in [3.8, 4) is 0 Å². The van der Waals surface area contributed by atoms with Crippen molar-refractivity contribution in [1.82, 2.24) is 4.57 Å². The first-order chi connectivity index (χ1) is 11.6. The van der Waals surface area contributed by atoms with Gasteiger partial charge in [0, 0.05) is 11.1 Å². The van der Waals surface area contributed by atoms with Crippen LogP contribution in [0.2, 0.25) is 0 Å². The highest BCUT2D eigenvalue weighted by Crippen LogP contribution is 2.42. The van der Waals surface area contributed by atoms with Gasteiger partial charge in [0.05, 0.1) is 24.8 Å². The molecule has 1 aromatic carbocycles. The molecule has 0 aliphatic carbocycles. The summed E-state index contributed by atoms with van der Waals surface area (Å²) in [5, 5.41) is 1.02. The molecule has 4 rings (SSSR count). The lowest BCUT2D eigenvalue weighted by Gasteiger charge is -2.28. The van der Waals surface area contributed by atoms with Crippen LogP contribution < -0.4 is 0 Å². The fourth-order valence-electron chi connectivity index (χ4n) is 3.76. The third kappa shape index (κ3) is 1.94. The van der Waals surface area contributed by atoms with Crippen LogP contribution in [0.3, 0.4) is 0 Å². The maximum absolute atomic E-state index is 13.0. The van der Waals surface area contributed by atoms with Crippen LogP contribution in [0.25, 0.3) is 10.9 Å². The summed E-state index contributed by atoms with van der Waals surface area (Å²) in [5.74, 6) is -0.966. The predicted molar refractivity (Wildman–Crippen MR) is 88.0 cm³/mol. The van der Waals surface area contributed by atoms with Crippen LogP contribution in [0, 0.1) is 12.8 Å². The van der Waals surface area contributed by atoms with E-state index in [2.05, 4.69) is 0 Å². The molecular weight excluding hydrogens is 306 g/mol. The minimum atomic E-state index is -0.826. The third-order valence-corrected chi connectivity index (χ3v) is 4.87. The number of benzene rings is 1. The Morgan fingerprint density at radius 2 is 2.04 bits per heavy atom. The number of aryl methyl sites for hydroxylation is 1. The van der Waals surface area contributed by atoms with Crippen LogP contribution in [0.5, 0.6) is 0 Å². The summed E-state index contributed by atoms with van der Waals surface area (Å²) < 4.78 is 12.1. The van der Waals surface area contributed by atoms with E-state index < -0.39 is 11.9 Å². The summed E-state index contributed by atoms with van der Waals surface area (Å²) in [6.07, 6.45) is 1.97. The molecule has 0 amide bonds. The number of hydrogen-bond acceptors (Lipinski definition) is 4. The molecule has 2 aromatic heterocycles. The van der Waals surface area contributed by atoms with Crippen molar-refractivity contribution < 1.29 is 18.7 Å². The molecule has 3 aromatic rings. The van der Waals surface area contributed by atoms with Gasteiger partial charge in [0.15, 0.2) is 0 Å². The highest BCUT2D eigenvalue weighted by molar-refractivity contribution is 6.05. The number of methoxy groups -OCH3 is 1. The molecule has 5 nitrogen and oxygen atoms in total. The number of rotatable bonds is 2. The van der Waals surface area contributed by atoms with Crippen molar-refractivity contribution in [2.24, 2.45) is 5.92 Å². The van der Waals surface area contributed by atoms with E-state index in [1.807, 2.05) is 43.3 Å². The van der Waals surface area contributed by atoms with Crippen molar-refractivity contribution in [1.29, 1.82) is 0 Å². The molecule has 122 valence electrons. The standard InChI is InChI=1S/C19H17NO4/c1-11-12-6-3-4-7-15(12)20-17(11)13(16-8-5-9-24-16)10-14(18(20)21)19(22)23-2/h3-9,13-14H,10H2,1-2H3/t13-,14+/m0/s1. The maximum Gasteiger partial charge on any atom is 0.318 e. The largest absolute Gasteiger partial charge is 0.469 e. The average molecular weight is 323 g/mol. The van der Waals surface area contributed by atoms with E-state index in [0.717, 1.165) is 27.9 Å². The summed E-state index contributed by atoms with van der Waals surface area (Å²) in [6.45, 7) is 2.01. The van der Waals surface area contributed by atoms with Crippen molar-refractivity contribution in [2.45, 2.75) is 19.3 Å². The number of fused-ring (bicyclic) bond motifs is 3. The van der Waals surface area contributed by atoms with Crippen molar-refractivity contribution in [3.63, 3.8) is 0 Å². The molecular formula is C19H17NO4. The highest BCUT2D eigenvalue weighted by atomic mass is 16.5. The van der Waals surface area contributed by atoms with Crippen LogP contribution in [0.15, 0.2) is 47.1 Å². The Morgan fingerprint density at radius 1 is 1.25 bits per heavy atom. The van der Waals surface area contributed by atoms with Gasteiger partial charge >= 0.3 is 5.97 Å². The lowest BCUT2D eigenvalue weighted by molar-refractivity contribution is -0.144. The molecule has 0 unspecified atom stereocenters. The fraction of sp³-hybridized carbons (Fsp3) is 0.263. The van der Waals surface area contributed by atoms with Gasteiger partial charge in [0.2, 0.25) is 5.91 Å². The molecule has 0 N–H and O–H groups in total. The fourth-order valence-corrected chi connectivity index (χ4v) is 3.76. The Bertz CT molecular complexity index is 936. The molecule has 0 saturated heterocycles. The van der Waals surface area contributed by atoms with E-state index in [1.54, 1.807) is 10.8 Å². The predicted octanol–water partition coefficient (Wildman–Crippen LogP) is 3.51. The molecule has 1 aliphatic heterocycles. The summed E-state index contributed by atoms with van der Waals surface area (Å²) in [4.78, 5) is 25.1. The zero-order valence-corrected chi connectivity index (χ0v) is 13.5. The van der Waals surface area contributed by atoms with Crippen LogP contribution in [0.1, 0.15) is 34.2 Å².